The van der Waals surface area contributed by atoms with Gasteiger partial charge in [0.15, 0.2) is 0 Å². The highest BCUT2D eigenvalue weighted by Gasteiger charge is 2.15. The number of nitrogens with one attached hydrogen (secondary N) is 1. The normalized spacial score (nSPS) is 10.1. The molecule has 0 aliphatic rings. The van der Waals surface area contributed by atoms with Gasteiger partial charge in [-0.1, -0.05) is 0 Å². The number of carboxylic acid groups (broad SMARTS) is 1. The smallest absolute Gasteiger partial charge is 0.337 e. The number of carbonyl (C=O) groups is 2. The van der Waals surface area contributed by atoms with Crippen LogP contribution in [0.2, 0.25) is 0 Å². The highest BCUT2D eigenvalue weighted by Crippen LogP contribution is 2.23. The summed E-state index contributed by atoms with van der Waals surface area (Å²) in [6, 6.07) is 5.97. The van der Waals surface area contributed by atoms with Crippen molar-refractivity contribution < 1.29 is 23.8 Å². The van der Waals surface area contributed by atoms with Gasteiger partial charge >= 0.3 is 5.97 Å². The van der Waals surface area contributed by atoms with E-state index in [0.717, 1.165) is 0 Å². The van der Waals surface area contributed by atoms with Gasteiger partial charge in [0.25, 0.3) is 5.91 Å². The number of hydrogen-bond donors (Lipinski definition) is 2. The van der Waals surface area contributed by atoms with Crippen molar-refractivity contribution in [2.24, 2.45) is 0 Å². The summed E-state index contributed by atoms with van der Waals surface area (Å²) in [7, 11) is 1.44. The molecule has 1 aromatic carbocycles. The highest BCUT2D eigenvalue weighted by molar-refractivity contribution is 6.07. The average molecular weight is 275 g/mol. The van der Waals surface area contributed by atoms with Crippen LogP contribution in [0.15, 0.2) is 34.9 Å². The van der Waals surface area contributed by atoms with Crippen LogP contribution in [0.3, 0.4) is 0 Å². The van der Waals surface area contributed by atoms with E-state index in [2.05, 4.69) is 5.32 Å². The van der Waals surface area contributed by atoms with E-state index in [4.69, 9.17) is 14.3 Å². The van der Waals surface area contributed by atoms with Gasteiger partial charge in [-0.2, -0.15) is 0 Å². The molecule has 0 spiro atoms. The summed E-state index contributed by atoms with van der Waals surface area (Å²) >= 11 is 0. The summed E-state index contributed by atoms with van der Waals surface area (Å²) in [5.41, 5.74) is 0.481. The fourth-order valence-corrected chi connectivity index (χ4v) is 1.69. The number of carboxylic acids is 1. The SMILES string of the molecule is COc1ccc(NC(=O)c2coc(C)c2)c(C(=O)O)c1. The van der Waals surface area contributed by atoms with Crippen molar-refractivity contribution in [2.75, 3.05) is 12.4 Å². The number of benzene rings is 1. The van der Waals surface area contributed by atoms with Gasteiger partial charge in [-0.05, 0) is 31.2 Å². The zero-order chi connectivity index (χ0) is 14.7. The van der Waals surface area contributed by atoms with E-state index in [9.17, 15) is 9.59 Å². The summed E-state index contributed by atoms with van der Waals surface area (Å²) in [4.78, 5) is 23.1. The first kappa shape index (κ1) is 13.7. The van der Waals surface area contributed by atoms with Gasteiger partial charge in [-0.25, -0.2) is 4.79 Å². The Labute approximate surface area is 115 Å². The predicted molar refractivity (Wildman–Crippen MR) is 71.4 cm³/mol. The molecule has 0 radical (unpaired) electrons. The molecule has 0 fully saturated rings. The Hall–Kier alpha value is -2.76. The average Bonchev–Trinajstić information content (AvgIpc) is 2.85. The zero-order valence-electron chi connectivity index (χ0n) is 11.0. The third-order valence-electron chi connectivity index (χ3n) is 2.70. The third kappa shape index (κ3) is 2.80. The quantitative estimate of drug-likeness (QED) is 0.895. The van der Waals surface area contributed by atoms with Gasteiger partial charge in [0.1, 0.15) is 17.8 Å². The molecule has 0 aliphatic carbocycles. The zero-order valence-corrected chi connectivity index (χ0v) is 11.0. The lowest BCUT2D eigenvalue weighted by Gasteiger charge is -2.09. The number of methoxy groups -OCH3 is 1. The van der Waals surface area contributed by atoms with Crippen LogP contribution in [0.25, 0.3) is 0 Å². The molecule has 0 bridgehead atoms. The van der Waals surface area contributed by atoms with Gasteiger partial charge in [0, 0.05) is 0 Å². The number of aryl methyl sites for hydroxylation is 1. The minimum absolute atomic E-state index is 0.0436. The maximum atomic E-state index is 12.0. The second-order valence-corrected chi connectivity index (χ2v) is 4.12. The molecule has 1 heterocycles. The Morgan fingerprint density at radius 2 is 2.05 bits per heavy atom. The molecule has 2 N–H and O–H groups in total. The molecule has 104 valence electrons. The van der Waals surface area contributed by atoms with E-state index in [0.29, 0.717) is 17.1 Å². The van der Waals surface area contributed by atoms with Gasteiger partial charge in [0.2, 0.25) is 0 Å². The van der Waals surface area contributed by atoms with E-state index in [1.807, 2.05) is 0 Å². The van der Waals surface area contributed by atoms with Crippen molar-refractivity contribution in [2.45, 2.75) is 6.92 Å². The molecule has 1 amide bonds. The molecule has 2 aromatic rings. The van der Waals surface area contributed by atoms with E-state index < -0.39 is 11.9 Å². The summed E-state index contributed by atoms with van der Waals surface area (Å²) in [5, 5.41) is 11.7. The number of anilines is 1. The molecule has 0 unspecified atom stereocenters. The minimum Gasteiger partial charge on any atom is -0.497 e. The Morgan fingerprint density at radius 3 is 2.60 bits per heavy atom. The van der Waals surface area contributed by atoms with Crippen LogP contribution < -0.4 is 10.1 Å². The van der Waals surface area contributed by atoms with E-state index >= 15 is 0 Å². The second kappa shape index (κ2) is 5.48. The maximum Gasteiger partial charge on any atom is 0.337 e. The summed E-state index contributed by atoms with van der Waals surface area (Å²) in [5.74, 6) is -0.583. The number of carbonyl (C=O) groups excluding carboxylic acids is 1. The molecule has 0 saturated heterocycles. The molecule has 6 nitrogen and oxygen atoms in total. The fraction of sp³-hybridized carbons (Fsp3) is 0.143. The highest BCUT2D eigenvalue weighted by atomic mass is 16.5. The predicted octanol–water partition coefficient (Wildman–Crippen LogP) is 2.55. The Balaban J connectivity index is 2.29. The first-order valence-corrected chi connectivity index (χ1v) is 5.79. The van der Waals surface area contributed by atoms with Crippen LogP contribution in [0.1, 0.15) is 26.5 Å². The molecule has 6 heteroatoms. The summed E-state index contributed by atoms with van der Waals surface area (Å²) in [6.07, 6.45) is 1.31. The summed E-state index contributed by atoms with van der Waals surface area (Å²) in [6.45, 7) is 1.72. The summed E-state index contributed by atoms with van der Waals surface area (Å²) < 4.78 is 10.0. The minimum atomic E-state index is -1.15. The Morgan fingerprint density at radius 1 is 1.30 bits per heavy atom. The first-order chi connectivity index (χ1) is 9.51. The van der Waals surface area contributed by atoms with Crippen molar-refractivity contribution >= 4 is 17.6 Å². The van der Waals surface area contributed by atoms with Gasteiger partial charge in [-0.3, -0.25) is 4.79 Å². The number of aromatic carboxylic acids is 1. The monoisotopic (exact) mass is 275 g/mol. The van der Waals surface area contributed by atoms with Crippen LogP contribution in [-0.2, 0) is 0 Å². The van der Waals surface area contributed by atoms with Crippen LogP contribution in [0, 0.1) is 6.92 Å². The van der Waals surface area contributed by atoms with Crippen LogP contribution in [0.5, 0.6) is 5.75 Å². The van der Waals surface area contributed by atoms with Crippen molar-refractivity contribution in [3.8, 4) is 5.75 Å². The van der Waals surface area contributed by atoms with Crippen LogP contribution >= 0.6 is 0 Å². The largest absolute Gasteiger partial charge is 0.497 e. The lowest BCUT2D eigenvalue weighted by atomic mass is 10.1. The number of ether oxygens (including phenoxy) is 1. The van der Waals surface area contributed by atoms with Crippen molar-refractivity contribution in [3.05, 3.63) is 47.4 Å². The fourth-order valence-electron chi connectivity index (χ4n) is 1.69. The number of amides is 1. The number of rotatable bonds is 4. The standard InChI is InChI=1S/C14H13NO5/c1-8-5-9(7-20-8)13(16)15-12-4-3-10(19-2)6-11(12)14(17)18/h3-7H,1-2H3,(H,15,16)(H,17,18). The molecule has 1 aromatic heterocycles. The van der Waals surface area contributed by atoms with E-state index in [1.165, 1.54) is 25.5 Å². The molecule has 2 rings (SSSR count). The van der Waals surface area contributed by atoms with Gasteiger partial charge in [-0.15, -0.1) is 0 Å². The Kier molecular flexibility index (Phi) is 3.74. The molecule has 20 heavy (non-hydrogen) atoms. The van der Waals surface area contributed by atoms with Gasteiger partial charge in [0.05, 0.1) is 23.9 Å². The van der Waals surface area contributed by atoms with Crippen molar-refractivity contribution in [1.82, 2.24) is 0 Å². The van der Waals surface area contributed by atoms with E-state index in [-0.39, 0.29) is 11.3 Å². The maximum absolute atomic E-state index is 12.0. The Bertz CT molecular complexity index is 659. The van der Waals surface area contributed by atoms with Crippen molar-refractivity contribution in [3.63, 3.8) is 0 Å². The third-order valence-corrected chi connectivity index (χ3v) is 2.70. The molecular formula is C14H13NO5. The lowest BCUT2D eigenvalue weighted by molar-refractivity contribution is 0.0697. The van der Waals surface area contributed by atoms with Crippen molar-refractivity contribution in [1.29, 1.82) is 0 Å². The van der Waals surface area contributed by atoms with Gasteiger partial charge < -0.3 is 19.6 Å². The molecule has 0 aliphatic heterocycles. The molecular weight excluding hydrogens is 262 g/mol. The lowest BCUT2D eigenvalue weighted by Crippen LogP contribution is -2.14. The first-order valence-electron chi connectivity index (χ1n) is 5.79. The number of hydrogen-bond acceptors (Lipinski definition) is 4. The van der Waals surface area contributed by atoms with Crippen LogP contribution in [-0.4, -0.2) is 24.1 Å². The number of furan rings is 1. The molecule has 0 atom stereocenters. The topological polar surface area (TPSA) is 88.8 Å². The molecule has 0 saturated carbocycles. The van der Waals surface area contributed by atoms with E-state index in [1.54, 1.807) is 19.1 Å². The second-order valence-electron chi connectivity index (χ2n) is 4.12. The van der Waals surface area contributed by atoms with Crippen LogP contribution in [0.4, 0.5) is 5.69 Å².